The molecule has 0 aliphatic rings. The monoisotopic (exact) mass is 280 g/mol. The van der Waals surface area contributed by atoms with Crippen LogP contribution in [0.3, 0.4) is 0 Å². The van der Waals surface area contributed by atoms with E-state index in [0.29, 0.717) is 17.8 Å². The Morgan fingerprint density at radius 1 is 1.24 bits per heavy atom. The summed E-state index contributed by atoms with van der Waals surface area (Å²) in [7, 11) is 1.84. The number of nitrogens with one attached hydrogen (secondary N) is 1. The van der Waals surface area contributed by atoms with Crippen LogP contribution in [0.25, 0.3) is 10.8 Å². The second-order valence-corrected chi connectivity index (χ2v) is 4.92. The molecule has 1 aromatic heterocycles. The zero-order valence-corrected chi connectivity index (χ0v) is 11.7. The van der Waals surface area contributed by atoms with Crippen molar-refractivity contribution < 1.29 is 4.79 Å². The molecule has 0 radical (unpaired) electrons. The molecule has 5 heteroatoms. The summed E-state index contributed by atoms with van der Waals surface area (Å²) in [6.07, 6.45) is 1.70. The van der Waals surface area contributed by atoms with Gasteiger partial charge in [0.15, 0.2) is 0 Å². The van der Waals surface area contributed by atoms with Crippen molar-refractivity contribution in [2.75, 3.05) is 5.73 Å². The maximum atomic E-state index is 12.3. The molecule has 3 rings (SSSR count). The van der Waals surface area contributed by atoms with Gasteiger partial charge in [-0.2, -0.15) is 5.10 Å². The summed E-state index contributed by atoms with van der Waals surface area (Å²) in [4.78, 5) is 12.3. The number of amides is 1. The number of anilines is 1. The first-order valence-corrected chi connectivity index (χ1v) is 6.68. The van der Waals surface area contributed by atoms with E-state index in [2.05, 4.69) is 10.4 Å². The van der Waals surface area contributed by atoms with Gasteiger partial charge in [0.05, 0.1) is 17.8 Å². The second kappa shape index (κ2) is 5.28. The quantitative estimate of drug-likeness (QED) is 0.721. The average Bonchev–Trinajstić information content (AvgIpc) is 2.89. The molecule has 0 spiro atoms. The summed E-state index contributed by atoms with van der Waals surface area (Å²) in [5.74, 6) is -0.181. The molecule has 3 aromatic rings. The number of nitrogens with zero attached hydrogens (tertiary/aromatic N) is 2. The first-order chi connectivity index (χ1) is 10.1. The van der Waals surface area contributed by atoms with Crippen LogP contribution in [0.4, 0.5) is 5.69 Å². The van der Waals surface area contributed by atoms with Crippen molar-refractivity contribution in [1.29, 1.82) is 0 Å². The predicted octanol–water partition coefficient (Wildman–Crippen LogP) is 2.09. The van der Waals surface area contributed by atoms with Gasteiger partial charge in [0.2, 0.25) is 0 Å². The van der Waals surface area contributed by atoms with E-state index in [4.69, 9.17) is 5.73 Å². The highest BCUT2D eigenvalue weighted by Gasteiger charge is 2.11. The lowest BCUT2D eigenvalue weighted by Gasteiger charge is -2.09. The van der Waals surface area contributed by atoms with E-state index in [9.17, 15) is 4.79 Å². The highest BCUT2D eigenvalue weighted by molar-refractivity contribution is 6.03. The number of aryl methyl sites for hydroxylation is 1. The van der Waals surface area contributed by atoms with Crippen LogP contribution in [0.15, 0.2) is 48.7 Å². The molecule has 21 heavy (non-hydrogen) atoms. The summed E-state index contributed by atoms with van der Waals surface area (Å²) < 4.78 is 1.73. The minimum atomic E-state index is -0.181. The van der Waals surface area contributed by atoms with Gasteiger partial charge in [0.1, 0.15) is 0 Å². The summed E-state index contributed by atoms with van der Waals surface area (Å²) in [6.45, 7) is 0.418. The fourth-order valence-electron chi connectivity index (χ4n) is 2.30. The molecule has 1 heterocycles. The molecule has 0 saturated heterocycles. The molecule has 0 atom stereocenters. The van der Waals surface area contributed by atoms with Crippen molar-refractivity contribution in [1.82, 2.24) is 15.1 Å². The van der Waals surface area contributed by atoms with E-state index in [-0.39, 0.29) is 5.91 Å². The van der Waals surface area contributed by atoms with Crippen molar-refractivity contribution in [3.05, 3.63) is 59.9 Å². The molecule has 0 fully saturated rings. The molecular weight excluding hydrogens is 264 g/mol. The topological polar surface area (TPSA) is 72.9 Å². The normalized spacial score (nSPS) is 10.7. The van der Waals surface area contributed by atoms with E-state index in [1.165, 1.54) is 0 Å². The number of benzene rings is 2. The van der Waals surface area contributed by atoms with Crippen LogP contribution in [0, 0.1) is 0 Å². The Labute approximate surface area is 122 Å². The largest absolute Gasteiger partial charge is 0.398 e. The minimum Gasteiger partial charge on any atom is -0.398 e. The molecule has 2 aromatic carbocycles. The maximum Gasteiger partial charge on any atom is 0.253 e. The maximum absolute atomic E-state index is 12.3. The SMILES string of the molecule is Cn1nccc1CNC(=O)c1cc2ccccc2cc1N. The third kappa shape index (κ3) is 2.58. The molecule has 106 valence electrons. The third-order valence-electron chi connectivity index (χ3n) is 3.52. The molecule has 0 bridgehead atoms. The van der Waals surface area contributed by atoms with Crippen LogP contribution >= 0.6 is 0 Å². The number of fused-ring (bicyclic) bond motifs is 1. The van der Waals surface area contributed by atoms with Crippen LogP contribution < -0.4 is 11.1 Å². The number of carbonyl (C=O) groups is 1. The lowest BCUT2D eigenvalue weighted by atomic mass is 10.0. The van der Waals surface area contributed by atoms with Crippen LogP contribution in [0.2, 0.25) is 0 Å². The number of carbonyl (C=O) groups excluding carboxylic acids is 1. The minimum absolute atomic E-state index is 0.181. The van der Waals surface area contributed by atoms with Gasteiger partial charge in [0.25, 0.3) is 5.91 Å². The van der Waals surface area contributed by atoms with Gasteiger partial charge in [-0.1, -0.05) is 24.3 Å². The number of hydrogen-bond acceptors (Lipinski definition) is 3. The summed E-state index contributed by atoms with van der Waals surface area (Å²) in [5.41, 5.74) is 7.90. The first-order valence-electron chi connectivity index (χ1n) is 6.68. The number of rotatable bonds is 3. The van der Waals surface area contributed by atoms with E-state index in [0.717, 1.165) is 16.5 Å². The summed E-state index contributed by atoms with van der Waals surface area (Å²) in [5, 5.41) is 8.96. The van der Waals surface area contributed by atoms with Gasteiger partial charge < -0.3 is 11.1 Å². The molecule has 5 nitrogen and oxygen atoms in total. The molecule has 0 aliphatic carbocycles. The Hall–Kier alpha value is -2.82. The lowest BCUT2D eigenvalue weighted by Crippen LogP contribution is -2.25. The average molecular weight is 280 g/mol. The molecule has 0 aliphatic heterocycles. The van der Waals surface area contributed by atoms with Crippen molar-refractivity contribution in [2.24, 2.45) is 7.05 Å². The fourth-order valence-corrected chi connectivity index (χ4v) is 2.30. The predicted molar refractivity (Wildman–Crippen MR) is 82.7 cm³/mol. The molecule has 0 unspecified atom stereocenters. The lowest BCUT2D eigenvalue weighted by molar-refractivity contribution is 0.0951. The second-order valence-electron chi connectivity index (χ2n) is 4.92. The molecule has 3 N–H and O–H groups in total. The Kier molecular flexibility index (Phi) is 3.31. The van der Waals surface area contributed by atoms with Gasteiger partial charge in [0, 0.05) is 18.9 Å². The van der Waals surface area contributed by atoms with E-state index in [1.807, 2.05) is 49.5 Å². The van der Waals surface area contributed by atoms with Gasteiger partial charge in [-0.3, -0.25) is 9.48 Å². The fraction of sp³-hybridized carbons (Fsp3) is 0.125. The van der Waals surface area contributed by atoms with Crippen LogP contribution in [0.1, 0.15) is 16.1 Å². The van der Waals surface area contributed by atoms with E-state index < -0.39 is 0 Å². The molecular formula is C16H16N4O. The highest BCUT2D eigenvalue weighted by Crippen LogP contribution is 2.21. The summed E-state index contributed by atoms with van der Waals surface area (Å²) >= 11 is 0. The Balaban J connectivity index is 1.84. The molecule has 1 amide bonds. The number of nitrogens with two attached hydrogens (primary N) is 1. The zero-order valence-electron chi connectivity index (χ0n) is 11.7. The highest BCUT2D eigenvalue weighted by atomic mass is 16.1. The Morgan fingerprint density at radius 3 is 2.62 bits per heavy atom. The molecule has 0 saturated carbocycles. The van der Waals surface area contributed by atoms with Gasteiger partial charge in [-0.05, 0) is 29.0 Å². The Bertz CT molecular complexity index is 807. The zero-order chi connectivity index (χ0) is 14.8. The van der Waals surface area contributed by atoms with Gasteiger partial charge in [-0.15, -0.1) is 0 Å². The smallest absolute Gasteiger partial charge is 0.253 e. The summed E-state index contributed by atoms with van der Waals surface area (Å²) in [6, 6.07) is 13.3. The van der Waals surface area contributed by atoms with E-state index >= 15 is 0 Å². The van der Waals surface area contributed by atoms with Crippen LogP contribution in [0.5, 0.6) is 0 Å². The van der Waals surface area contributed by atoms with E-state index in [1.54, 1.807) is 10.9 Å². The standard InChI is InChI=1S/C16H16N4O/c1-20-13(6-7-19-20)10-18-16(21)14-8-11-4-2-3-5-12(11)9-15(14)17/h2-9H,10,17H2,1H3,(H,18,21). The number of nitrogen functional groups attached to an aromatic ring is 1. The van der Waals surface area contributed by atoms with Gasteiger partial charge in [-0.25, -0.2) is 0 Å². The first kappa shape index (κ1) is 13.2. The van der Waals surface area contributed by atoms with Gasteiger partial charge >= 0.3 is 0 Å². The van der Waals surface area contributed by atoms with Crippen LogP contribution in [-0.2, 0) is 13.6 Å². The van der Waals surface area contributed by atoms with Crippen molar-refractivity contribution in [2.45, 2.75) is 6.54 Å². The van der Waals surface area contributed by atoms with Crippen molar-refractivity contribution >= 4 is 22.4 Å². The Morgan fingerprint density at radius 2 is 1.95 bits per heavy atom. The van der Waals surface area contributed by atoms with Crippen molar-refractivity contribution in [3.63, 3.8) is 0 Å². The van der Waals surface area contributed by atoms with Crippen molar-refractivity contribution in [3.8, 4) is 0 Å². The van der Waals surface area contributed by atoms with Crippen LogP contribution in [-0.4, -0.2) is 15.7 Å². The number of aromatic nitrogens is 2. The third-order valence-corrected chi connectivity index (χ3v) is 3.52. The number of hydrogen-bond donors (Lipinski definition) is 2.